The fraction of sp³-hybridized carbons (Fsp3) is 0.273. The van der Waals surface area contributed by atoms with Crippen LogP contribution in [0.15, 0.2) is 18.7 Å². The van der Waals surface area contributed by atoms with E-state index < -0.39 is 11.8 Å². The molecule has 16 heavy (non-hydrogen) atoms. The van der Waals surface area contributed by atoms with Gasteiger partial charge in [0.05, 0.1) is 26.2 Å². The van der Waals surface area contributed by atoms with Crippen LogP contribution in [0.1, 0.15) is 22.8 Å². The minimum atomic E-state index is -0.740. The van der Waals surface area contributed by atoms with Crippen molar-refractivity contribution < 1.29 is 18.7 Å². The maximum atomic E-state index is 13.4. The van der Waals surface area contributed by atoms with E-state index in [1.165, 1.54) is 25.6 Å². The van der Waals surface area contributed by atoms with E-state index in [0.717, 1.165) is 6.20 Å². The van der Waals surface area contributed by atoms with Crippen LogP contribution >= 0.6 is 0 Å². The molecule has 1 heterocycles. The van der Waals surface area contributed by atoms with Gasteiger partial charge in [-0.2, -0.15) is 0 Å². The number of rotatable bonds is 4. The highest BCUT2D eigenvalue weighted by atomic mass is 19.1. The van der Waals surface area contributed by atoms with Crippen molar-refractivity contribution in [1.29, 1.82) is 0 Å². The van der Waals surface area contributed by atoms with Gasteiger partial charge in [-0.15, -0.1) is 0 Å². The predicted octanol–water partition coefficient (Wildman–Crippen LogP) is 2.01. The van der Waals surface area contributed by atoms with Gasteiger partial charge >= 0.3 is 5.97 Å². The summed E-state index contributed by atoms with van der Waals surface area (Å²) in [6.45, 7) is 2.31. The largest absolute Gasteiger partial charge is 0.501 e. The van der Waals surface area contributed by atoms with Crippen LogP contribution in [0.3, 0.4) is 0 Å². The molecule has 1 aromatic rings. The summed E-state index contributed by atoms with van der Waals surface area (Å²) in [5.41, 5.74) is 0.175. The second kappa shape index (κ2) is 5.85. The summed E-state index contributed by atoms with van der Waals surface area (Å²) in [7, 11) is 1.19. The molecule has 0 atom stereocenters. The van der Waals surface area contributed by atoms with Crippen molar-refractivity contribution in [3.8, 4) is 0 Å². The maximum absolute atomic E-state index is 13.4. The summed E-state index contributed by atoms with van der Waals surface area (Å²) in [5, 5.41) is 0. The molecule has 0 aliphatic heterocycles. The number of carbonyl (C=O) groups excluding carboxylic acids is 1. The lowest BCUT2D eigenvalue weighted by molar-refractivity contribution is 0.0595. The van der Waals surface area contributed by atoms with Crippen molar-refractivity contribution in [2.45, 2.75) is 6.92 Å². The SMILES string of the molecule is CCO/C=C/c1cncc(F)c1C(=O)OC. The maximum Gasteiger partial charge on any atom is 0.341 e. The highest BCUT2D eigenvalue weighted by Gasteiger charge is 2.16. The summed E-state index contributed by atoms with van der Waals surface area (Å²) in [6.07, 6.45) is 5.17. The van der Waals surface area contributed by atoms with Crippen LogP contribution < -0.4 is 0 Å². The van der Waals surface area contributed by atoms with Crippen molar-refractivity contribution in [1.82, 2.24) is 4.98 Å². The Morgan fingerprint density at radius 3 is 2.94 bits per heavy atom. The number of ether oxygens (including phenoxy) is 2. The molecule has 0 radical (unpaired) electrons. The average molecular weight is 225 g/mol. The van der Waals surface area contributed by atoms with E-state index in [2.05, 4.69) is 9.72 Å². The molecule has 1 aromatic heterocycles. The quantitative estimate of drug-likeness (QED) is 0.581. The van der Waals surface area contributed by atoms with Crippen LogP contribution in [0, 0.1) is 5.82 Å². The van der Waals surface area contributed by atoms with Gasteiger partial charge in [-0.1, -0.05) is 0 Å². The molecule has 0 aliphatic rings. The van der Waals surface area contributed by atoms with Crippen molar-refractivity contribution >= 4 is 12.0 Å². The number of methoxy groups -OCH3 is 1. The van der Waals surface area contributed by atoms with Gasteiger partial charge in [0.25, 0.3) is 0 Å². The third-order valence-corrected chi connectivity index (χ3v) is 1.83. The van der Waals surface area contributed by atoms with Crippen molar-refractivity contribution in [3.63, 3.8) is 0 Å². The van der Waals surface area contributed by atoms with E-state index in [1.807, 2.05) is 6.92 Å². The van der Waals surface area contributed by atoms with E-state index in [0.29, 0.717) is 12.2 Å². The molecule has 0 N–H and O–H groups in total. The predicted molar refractivity (Wildman–Crippen MR) is 56.2 cm³/mol. The number of pyridine rings is 1. The zero-order valence-electron chi connectivity index (χ0n) is 9.07. The number of nitrogens with zero attached hydrogens (tertiary/aromatic N) is 1. The Hall–Kier alpha value is -1.91. The zero-order valence-corrected chi connectivity index (χ0v) is 9.07. The average Bonchev–Trinajstić information content (AvgIpc) is 2.29. The molecule has 0 amide bonds. The first-order valence-electron chi connectivity index (χ1n) is 4.70. The van der Waals surface area contributed by atoms with Gasteiger partial charge in [0.1, 0.15) is 5.56 Å². The summed E-state index contributed by atoms with van der Waals surface area (Å²) < 4.78 is 22.8. The molecule has 0 saturated carbocycles. The number of halogens is 1. The molecule has 1 rings (SSSR count). The topological polar surface area (TPSA) is 48.4 Å². The lowest BCUT2D eigenvalue weighted by Gasteiger charge is -2.04. The van der Waals surface area contributed by atoms with Crippen LogP contribution in [0.4, 0.5) is 4.39 Å². The molecule has 0 unspecified atom stereocenters. The molecular weight excluding hydrogens is 213 g/mol. The molecule has 0 aromatic carbocycles. The lowest BCUT2D eigenvalue weighted by Crippen LogP contribution is -2.07. The van der Waals surface area contributed by atoms with Crippen LogP contribution in [-0.2, 0) is 9.47 Å². The minimum Gasteiger partial charge on any atom is -0.501 e. The Morgan fingerprint density at radius 1 is 1.56 bits per heavy atom. The van der Waals surface area contributed by atoms with Gasteiger partial charge in [-0.25, -0.2) is 9.18 Å². The normalized spacial score (nSPS) is 10.4. The second-order valence-electron chi connectivity index (χ2n) is 2.84. The standard InChI is InChI=1S/C11H12FNO3/c1-3-16-5-4-8-6-13-7-9(12)10(8)11(14)15-2/h4-7H,3H2,1-2H3/b5-4+. The van der Waals surface area contributed by atoms with Gasteiger partial charge in [0, 0.05) is 11.8 Å². The van der Waals surface area contributed by atoms with Crippen LogP contribution in [0.5, 0.6) is 0 Å². The summed E-state index contributed by atoms with van der Waals surface area (Å²) in [4.78, 5) is 15.0. The van der Waals surface area contributed by atoms with Gasteiger partial charge < -0.3 is 9.47 Å². The summed E-state index contributed by atoms with van der Waals surface area (Å²) >= 11 is 0. The van der Waals surface area contributed by atoms with Gasteiger partial charge in [0.15, 0.2) is 5.82 Å². The number of esters is 1. The molecular formula is C11H12FNO3. The minimum absolute atomic E-state index is 0.145. The fourth-order valence-electron chi connectivity index (χ4n) is 1.11. The van der Waals surface area contributed by atoms with Crippen LogP contribution in [-0.4, -0.2) is 24.7 Å². The number of hydrogen-bond donors (Lipinski definition) is 0. The zero-order chi connectivity index (χ0) is 12.0. The van der Waals surface area contributed by atoms with Gasteiger partial charge in [-0.3, -0.25) is 4.98 Å². The number of carbonyl (C=O) groups is 1. The van der Waals surface area contributed by atoms with Crippen molar-refractivity contribution in [3.05, 3.63) is 35.6 Å². The number of aromatic nitrogens is 1. The molecule has 0 aliphatic carbocycles. The summed E-state index contributed by atoms with van der Waals surface area (Å²) in [5.74, 6) is -1.46. The third-order valence-electron chi connectivity index (χ3n) is 1.83. The monoisotopic (exact) mass is 225 g/mol. The lowest BCUT2D eigenvalue weighted by atomic mass is 10.1. The Labute approximate surface area is 92.7 Å². The molecule has 0 bridgehead atoms. The van der Waals surface area contributed by atoms with Gasteiger partial charge in [-0.05, 0) is 13.0 Å². The van der Waals surface area contributed by atoms with Crippen LogP contribution in [0.25, 0.3) is 6.08 Å². The molecule has 0 saturated heterocycles. The molecule has 86 valence electrons. The van der Waals surface area contributed by atoms with Gasteiger partial charge in [0.2, 0.25) is 0 Å². The highest BCUT2D eigenvalue weighted by Crippen LogP contribution is 2.14. The van der Waals surface area contributed by atoms with Crippen LogP contribution in [0.2, 0.25) is 0 Å². The Balaban J connectivity index is 3.08. The molecule has 0 fully saturated rings. The van der Waals surface area contributed by atoms with Crippen molar-refractivity contribution in [2.75, 3.05) is 13.7 Å². The molecule has 0 spiro atoms. The van der Waals surface area contributed by atoms with Crippen molar-refractivity contribution in [2.24, 2.45) is 0 Å². The van der Waals surface area contributed by atoms with E-state index in [4.69, 9.17) is 4.74 Å². The molecule has 4 nitrogen and oxygen atoms in total. The van der Waals surface area contributed by atoms with E-state index in [-0.39, 0.29) is 5.56 Å². The van der Waals surface area contributed by atoms with E-state index in [1.54, 1.807) is 0 Å². The van der Waals surface area contributed by atoms with E-state index in [9.17, 15) is 9.18 Å². The second-order valence-corrected chi connectivity index (χ2v) is 2.84. The summed E-state index contributed by atoms with van der Waals surface area (Å²) in [6, 6.07) is 0. The van der Waals surface area contributed by atoms with E-state index >= 15 is 0 Å². The first-order chi connectivity index (χ1) is 7.70. The Bertz CT molecular complexity index is 404. The third kappa shape index (κ3) is 2.79. The smallest absolute Gasteiger partial charge is 0.341 e. The highest BCUT2D eigenvalue weighted by molar-refractivity contribution is 5.93. The first kappa shape index (κ1) is 12.2. The first-order valence-corrected chi connectivity index (χ1v) is 4.70. The number of hydrogen-bond acceptors (Lipinski definition) is 4. The fourth-order valence-corrected chi connectivity index (χ4v) is 1.11. The Kier molecular flexibility index (Phi) is 4.44. The Morgan fingerprint density at radius 2 is 2.31 bits per heavy atom. The molecule has 5 heteroatoms.